The maximum absolute atomic E-state index is 8.79. The normalized spacial score (nSPS) is 10.8. The van der Waals surface area contributed by atoms with Crippen molar-refractivity contribution in [2.24, 2.45) is 0 Å². The van der Waals surface area contributed by atoms with Crippen molar-refractivity contribution in [3.8, 4) is 16.5 Å². The number of aryl methyl sites for hydroxylation is 2. The van der Waals surface area contributed by atoms with Crippen molar-refractivity contribution in [1.29, 1.82) is 5.26 Å². The number of hydrogen-bond acceptors (Lipinski definition) is 3. The molecule has 0 aliphatic rings. The Hall–Kier alpha value is -1.63. The smallest absolute Gasteiger partial charge is 0.0866 e. The number of hydrogen-bond donors (Lipinski definition) is 0. The molecule has 0 atom stereocenters. The zero-order chi connectivity index (χ0) is 14.5. The molecule has 3 heteroatoms. The van der Waals surface area contributed by atoms with Gasteiger partial charge in [-0.25, -0.2) is 0 Å². The highest BCUT2D eigenvalue weighted by Gasteiger charge is 2.12. The van der Waals surface area contributed by atoms with Gasteiger partial charge in [-0.15, -0.1) is 11.3 Å². The molecular formula is C17H20N2S. The van der Waals surface area contributed by atoms with Crippen LogP contribution in [0.2, 0.25) is 0 Å². The lowest BCUT2D eigenvalue weighted by molar-refractivity contribution is 0.368. The highest BCUT2D eigenvalue weighted by Crippen LogP contribution is 2.35. The van der Waals surface area contributed by atoms with Crippen LogP contribution in [0, 0.1) is 18.3 Å². The summed E-state index contributed by atoms with van der Waals surface area (Å²) in [7, 11) is 1.98. The van der Waals surface area contributed by atoms with Gasteiger partial charge in [0.25, 0.3) is 0 Å². The topological polar surface area (TPSA) is 27.0 Å². The van der Waals surface area contributed by atoms with Crippen LogP contribution in [0.15, 0.2) is 30.3 Å². The SMILES string of the molecule is CCc1cc(C)c(-c2ccccc2CN(C)CC#N)s1. The minimum atomic E-state index is 0.456. The third kappa shape index (κ3) is 3.27. The third-order valence-electron chi connectivity index (χ3n) is 3.36. The van der Waals surface area contributed by atoms with Gasteiger partial charge >= 0.3 is 0 Å². The van der Waals surface area contributed by atoms with Gasteiger partial charge in [-0.05, 0) is 43.1 Å². The molecule has 1 aromatic heterocycles. The van der Waals surface area contributed by atoms with E-state index >= 15 is 0 Å². The van der Waals surface area contributed by atoms with Gasteiger partial charge in [0.2, 0.25) is 0 Å². The van der Waals surface area contributed by atoms with E-state index in [0.29, 0.717) is 6.54 Å². The predicted octanol–water partition coefficient (Wildman–Crippen LogP) is 4.24. The Balaban J connectivity index is 2.36. The number of thiophene rings is 1. The highest BCUT2D eigenvalue weighted by atomic mass is 32.1. The van der Waals surface area contributed by atoms with E-state index < -0.39 is 0 Å². The average molecular weight is 284 g/mol. The zero-order valence-corrected chi connectivity index (χ0v) is 13.1. The molecule has 0 spiro atoms. The van der Waals surface area contributed by atoms with Crippen LogP contribution >= 0.6 is 11.3 Å². The fraction of sp³-hybridized carbons (Fsp3) is 0.353. The van der Waals surface area contributed by atoms with Gasteiger partial charge in [0.1, 0.15) is 0 Å². The second kappa shape index (κ2) is 6.69. The molecular weight excluding hydrogens is 264 g/mol. The molecule has 0 N–H and O–H groups in total. The van der Waals surface area contributed by atoms with Gasteiger partial charge in [0.05, 0.1) is 12.6 Å². The molecule has 1 aromatic carbocycles. The van der Waals surface area contributed by atoms with Gasteiger partial charge < -0.3 is 0 Å². The minimum absolute atomic E-state index is 0.456. The Morgan fingerprint density at radius 2 is 2.05 bits per heavy atom. The molecule has 0 saturated carbocycles. The van der Waals surface area contributed by atoms with Crippen molar-refractivity contribution in [3.05, 3.63) is 46.3 Å². The van der Waals surface area contributed by atoms with Crippen LogP contribution in [-0.4, -0.2) is 18.5 Å². The second-order valence-corrected chi connectivity index (χ2v) is 6.20. The fourth-order valence-electron chi connectivity index (χ4n) is 2.34. The van der Waals surface area contributed by atoms with E-state index in [4.69, 9.17) is 5.26 Å². The molecule has 0 aliphatic heterocycles. The second-order valence-electron chi connectivity index (χ2n) is 5.07. The van der Waals surface area contributed by atoms with Crippen LogP contribution in [0.25, 0.3) is 10.4 Å². The Morgan fingerprint density at radius 3 is 2.70 bits per heavy atom. The van der Waals surface area contributed by atoms with Crippen molar-refractivity contribution in [1.82, 2.24) is 4.90 Å². The van der Waals surface area contributed by atoms with E-state index in [1.807, 2.05) is 23.3 Å². The van der Waals surface area contributed by atoms with Gasteiger partial charge in [-0.2, -0.15) is 5.26 Å². The van der Waals surface area contributed by atoms with E-state index in [9.17, 15) is 0 Å². The van der Waals surface area contributed by atoms with E-state index in [0.717, 1.165) is 13.0 Å². The zero-order valence-electron chi connectivity index (χ0n) is 12.3. The minimum Gasteiger partial charge on any atom is -0.289 e. The fourth-order valence-corrected chi connectivity index (χ4v) is 3.51. The molecule has 0 bridgehead atoms. The molecule has 0 radical (unpaired) electrons. The number of benzene rings is 1. The summed E-state index contributed by atoms with van der Waals surface area (Å²) in [6.45, 7) is 5.64. The maximum atomic E-state index is 8.79. The first-order valence-corrected chi connectivity index (χ1v) is 7.70. The summed E-state index contributed by atoms with van der Waals surface area (Å²) in [6.07, 6.45) is 1.09. The molecule has 20 heavy (non-hydrogen) atoms. The molecule has 0 fully saturated rings. The summed E-state index contributed by atoms with van der Waals surface area (Å²) < 4.78 is 0. The van der Waals surface area contributed by atoms with Gasteiger partial charge in [0, 0.05) is 16.3 Å². The van der Waals surface area contributed by atoms with Gasteiger partial charge in [-0.1, -0.05) is 31.2 Å². The molecule has 0 aliphatic carbocycles. The Bertz CT molecular complexity index is 622. The Kier molecular flexibility index (Phi) is 4.94. The molecule has 1 heterocycles. The molecule has 2 aromatic rings. The molecule has 104 valence electrons. The highest BCUT2D eigenvalue weighted by molar-refractivity contribution is 7.15. The Morgan fingerprint density at radius 1 is 1.30 bits per heavy atom. The quantitative estimate of drug-likeness (QED) is 0.768. The number of rotatable bonds is 5. The lowest BCUT2D eigenvalue weighted by Crippen LogP contribution is -2.18. The summed E-state index contributed by atoms with van der Waals surface area (Å²) in [5.41, 5.74) is 3.94. The maximum Gasteiger partial charge on any atom is 0.0866 e. The van der Waals surface area contributed by atoms with Crippen molar-refractivity contribution in [2.75, 3.05) is 13.6 Å². The predicted molar refractivity (Wildman–Crippen MR) is 85.8 cm³/mol. The van der Waals surface area contributed by atoms with Crippen LogP contribution in [-0.2, 0) is 13.0 Å². The Labute approximate surface area is 125 Å². The van der Waals surface area contributed by atoms with E-state index in [-0.39, 0.29) is 0 Å². The van der Waals surface area contributed by atoms with Crippen molar-refractivity contribution in [2.45, 2.75) is 26.8 Å². The molecule has 2 rings (SSSR count). The molecule has 0 saturated heterocycles. The average Bonchev–Trinajstić information content (AvgIpc) is 2.81. The van der Waals surface area contributed by atoms with Gasteiger partial charge in [-0.3, -0.25) is 4.90 Å². The van der Waals surface area contributed by atoms with Crippen LogP contribution in [0.4, 0.5) is 0 Å². The summed E-state index contributed by atoms with van der Waals surface area (Å²) in [6, 6.07) is 13.0. The van der Waals surface area contributed by atoms with Crippen molar-refractivity contribution < 1.29 is 0 Å². The van der Waals surface area contributed by atoms with Crippen LogP contribution in [0.1, 0.15) is 22.9 Å². The summed E-state index contributed by atoms with van der Waals surface area (Å²) in [5.74, 6) is 0. The summed E-state index contributed by atoms with van der Waals surface area (Å²) in [5, 5.41) is 8.79. The first kappa shape index (κ1) is 14.8. The first-order valence-electron chi connectivity index (χ1n) is 6.88. The van der Waals surface area contributed by atoms with Crippen LogP contribution in [0.3, 0.4) is 0 Å². The lowest BCUT2D eigenvalue weighted by atomic mass is 10.0. The first-order chi connectivity index (χ1) is 9.65. The number of nitriles is 1. The van der Waals surface area contributed by atoms with Crippen LogP contribution in [0.5, 0.6) is 0 Å². The van der Waals surface area contributed by atoms with E-state index in [1.165, 1.54) is 26.4 Å². The van der Waals surface area contributed by atoms with Crippen molar-refractivity contribution >= 4 is 11.3 Å². The molecule has 0 amide bonds. The third-order valence-corrected chi connectivity index (χ3v) is 4.77. The monoisotopic (exact) mass is 284 g/mol. The van der Waals surface area contributed by atoms with E-state index in [2.05, 4.69) is 50.2 Å². The van der Waals surface area contributed by atoms with Crippen LogP contribution < -0.4 is 0 Å². The van der Waals surface area contributed by atoms with Gasteiger partial charge in [0.15, 0.2) is 0 Å². The van der Waals surface area contributed by atoms with E-state index in [1.54, 1.807) is 0 Å². The largest absolute Gasteiger partial charge is 0.289 e. The lowest BCUT2D eigenvalue weighted by Gasteiger charge is -2.15. The molecule has 0 unspecified atom stereocenters. The standard InChI is InChI=1S/C17H20N2S/c1-4-15-11-13(2)17(20-15)16-8-6-5-7-14(16)12-19(3)10-9-18/h5-8,11H,4,10,12H2,1-3H3. The number of nitrogens with zero attached hydrogens (tertiary/aromatic N) is 2. The van der Waals surface area contributed by atoms with Crippen molar-refractivity contribution in [3.63, 3.8) is 0 Å². The summed E-state index contributed by atoms with van der Waals surface area (Å²) in [4.78, 5) is 4.84. The summed E-state index contributed by atoms with van der Waals surface area (Å²) >= 11 is 1.88. The molecule has 2 nitrogen and oxygen atoms in total.